The van der Waals surface area contributed by atoms with Crippen LogP contribution in [0.3, 0.4) is 0 Å². The van der Waals surface area contributed by atoms with E-state index < -0.39 is 18.6 Å². The fourth-order valence-corrected chi connectivity index (χ4v) is 1.54. The Balaban J connectivity index is 0.00000225. The summed E-state index contributed by atoms with van der Waals surface area (Å²) in [6, 6.07) is 2.98. The molecule has 0 aliphatic carbocycles. The van der Waals surface area contributed by atoms with Gasteiger partial charge in [-0.05, 0) is 12.1 Å². The highest BCUT2D eigenvalue weighted by atomic mass is 79.9. The number of halogens is 5. The summed E-state index contributed by atoms with van der Waals surface area (Å²) in [6.45, 7) is 0. The Hall–Kier alpha value is -0.460. The van der Waals surface area contributed by atoms with E-state index in [1.54, 1.807) is 0 Å². The second-order valence-electron chi connectivity index (χ2n) is 3.13. The predicted octanol–water partition coefficient (Wildman–Crippen LogP) is 3.53. The second-order valence-corrected chi connectivity index (χ2v) is 4.04. The smallest absolute Gasteiger partial charge is 0.390 e. The molecular formula is C9H10BrClF3NO. The summed E-state index contributed by atoms with van der Waals surface area (Å²) in [5.41, 5.74) is 5.43. The number of nitrogens with two attached hydrogens (primary N) is 1. The number of hydrogen-bond acceptors (Lipinski definition) is 2. The van der Waals surface area contributed by atoms with Crippen LogP contribution in [-0.4, -0.2) is 11.3 Å². The van der Waals surface area contributed by atoms with Gasteiger partial charge in [-0.15, -0.1) is 12.4 Å². The number of phenols is 1. The van der Waals surface area contributed by atoms with Gasteiger partial charge in [0.05, 0.1) is 6.42 Å². The molecule has 7 heteroatoms. The van der Waals surface area contributed by atoms with E-state index >= 15 is 0 Å². The highest BCUT2D eigenvalue weighted by molar-refractivity contribution is 9.10. The van der Waals surface area contributed by atoms with Crippen molar-refractivity contribution in [1.29, 1.82) is 0 Å². The minimum absolute atomic E-state index is 0. The van der Waals surface area contributed by atoms with Gasteiger partial charge in [0, 0.05) is 16.1 Å². The molecule has 92 valence electrons. The first kappa shape index (κ1) is 15.5. The molecule has 1 atom stereocenters. The zero-order valence-electron chi connectivity index (χ0n) is 7.96. The number of benzene rings is 1. The molecule has 1 aromatic carbocycles. The van der Waals surface area contributed by atoms with Gasteiger partial charge in [-0.25, -0.2) is 0 Å². The van der Waals surface area contributed by atoms with E-state index in [0.29, 0.717) is 4.47 Å². The lowest BCUT2D eigenvalue weighted by Gasteiger charge is -2.15. The van der Waals surface area contributed by atoms with Gasteiger partial charge in [0.2, 0.25) is 0 Å². The van der Waals surface area contributed by atoms with Crippen LogP contribution in [-0.2, 0) is 0 Å². The van der Waals surface area contributed by atoms with E-state index in [1.807, 2.05) is 0 Å². The maximum absolute atomic E-state index is 12.0. The van der Waals surface area contributed by atoms with Crippen LogP contribution in [0.25, 0.3) is 0 Å². The Bertz CT molecular complexity index is 359. The first-order valence-corrected chi connectivity index (χ1v) is 4.89. The lowest BCUT2D eigenvalue weighted by molar-refractivity contribution is -0.138. The Morgan fingerprint density at radius 2 is 1.94 bits per heavy atom. The molecule has 0 radical (unpaired) electrons. The minimum atomic E-state index is -4.33. The molecule has 0 amide bonds. The van der Waals surface area contributed by atoms with Crippen molar-refractivity contribution in [1.82, 2.24) is 0 Å². The summed E-state index contributed by atoms with van der Waals surface area (Å²) >= 11 is 3.08. The van der Waals surface area contributed by atoms with Crippen molar-refractivity contribution in [2.45, 2.75) is 18.6 Å². The van der Waals surface area contributed by atoms with Crippen LogP contribution in [0.5, 0.6) is 5.75 Å². The van der Waals surface area contributed by atoms with Crippen LogP contribution in [0.15, 0.2) is 22.7 Å². The van der Waals surface area contributed by atoms with E-state index in [0.717, 1.165) is 0 Å². The largest absolute Gasteiger partial charge is 0.508 e. The first-order valence-electron chi connectivity index (χ1n) is 4.10. The zero-order valence-corrected chi connectivity index (χ0v) is 10.4. The average molecular weight is 321 g/mol. The summed E-state index contributed by atoms with van der Waals surface area (Å²) < 4.78 is 36.7. The van der Waals surface area contributed by atoms with E-state index in [4.69, 9.17) is 5.73 Å². The van der Waals surface area contributed by atoms with Crippen LogP contribution in [0.4, 0.5) is 13.2 Å². The highest BCUT2D eigenvalue weighted by Gasteiger charge is 2.31. The molecule has 1 aromatic rings. The topological polar surface area (TPSA) is 46.2 Å². The summed E-state index contributed by atoms with van der Waals surface area (Å²) in [5.74, 6) is -0.235. The highest BCUT2D eigenvalue weighted by Crippen LogP contribution is 2.33. The lowest BCUT2D eigenvalue weighted by Crippen LogP contribution is -2.20. The normalized spacial score (nSPS) is 13.1. The van der Waals surface area contributed by atoms with Gasteiger partial charge in [-0.2, -0.15) is 13.2 Å². The molecule has 16 heavy (non-hydrogen) atoms. The van der Waals surface area contributed by atoms with Gasteiger partial charge in [-0.1, -0.05) is 22.0 Å². The summed E-state index contributed by atoms with van der Waals surface area (Å²) in [5, 5.41) is 9.38. The van der Waals surface area contributed by atoms with Gasteiger partial charge in [0.15, 0.2) is 0 Å². The summed E-state index contributed by atoms with van der Waals surface area (Å²) in [4.78, 5) is 0. The molecule has 0 saturated heterocycles. The molecule has 3 N–H and O–H groups in total. The minimum Gasteiger partial charge on any atom is -0.508 e. The second kappa shape index (κ2) is 5.75. The maximum Gasteiger partial charge on any atom is 0.390 e. The van der Waals surface area contributed by atoms with E-state index in [-0.39, 0.29) is 23.7 Å². The molecule has 0 aliphatic heterocycles. The fourth-order valence-electron chi connectivity index (χ4n) is 1.19. The number of aromatic hydroxyl groups is 1. The Morgan fingerprint density at radius 1 is 1.38 bits per heavy atom. The monoisotopic (exact) mass is 319 g/mol. The first-order chi connectivity index (χ1) is 6.79. The van der Waals surface area contributed by atoms with Gasteiger partial charge in [0.25, 0.3) is 0 Å². The third-order valence-electron chi connectivity index (χ3n) is 1.84. The summed E-state index contributed by atoms with van der Waals surface area (Å²) in [6.07, 6.45) is -5.48. The molecule has 0 saturated carbocycles. The van der Waals surface area contributed by atoms with Crippen LogP contribution >= 0.6 is 28.3 Å². The van der Waals surface area contributed by atoms with Crippen molar-refractivity contribution in [2.75, 3.05) is 0 Å². The molecule has 0 unspecified atom stereocenters. The average Bonchev–Trinajstić information content (AvgIpc) is 1.99. The fraction of sp³-hybridized carbons (Fsp3) is 0.333. The quantitative estimate of drug-likeness (QED) is 0.875. The Kier molecular flexibility index (Phi) is 5.58. The third kappa shape index (κ3) is 4.59. The Morgan fingerprint density at radius 3 is 2.38 bits per heavy atom. The van der Waals surface area contributed by atoms with Crippen LogP contribution in [0, 0.1) is 0 Å². The number of hydrogen-bond donors (Lipinski definition) is 2. The SMILES string of the molecule is Cl.N[C@@H](CC(F)(F)F)c1ccc(Br)cc1O. The number of phenolic OH excluding ortho intramolecular Hbond substituents is 1. The van der Waals surface area contributed by atoms with Crippen molar-refractivity contribution >= 4 is 28.3 Å². The van der Waals surface area contributed by atoms with Crippen molar-refractivity contribution < 1.29 is 18.3 Å². The molecule has 1 rings (SSSR count). The van der Waals surface area contributed by atoms with Gasteiger partial charge < -0.3 is 10.8 Å². The van der Waals surface area contributed by atoms with Crippen molar-refractivity contribution in [3.63, 3.8) is 0 Å². The van der Waals surface area contributed by atoms with Crippen LogP contribution in [0.2, 0.25) is 0 Å². The van der Waals surface area contributed by atoms with Crippen molar-refractivity contribution in [3.05, 3.63) is 28.2 Å². The maximum atomic E-state index is 12.0. The summed E-state index contributed by atoms with van der Waals surface area (Å²) in [7, 11) is 0. The molecule has 0 aromatic heterocycles. The molecule has 0 aliphatic rings. The standard InChI is InChI=1S/C9H9BrF3NO.ClH/c10-5-1-2-6(8(15)3-5)7(14)4-9(11,12)13;/h1-3,7,15H,4,14H2;1H/t7-;/m0./s1. The van der Waals surface area contributed by atoms with E-state index in [1.165, 1.54) is 18.2 Å². The van der Waals surface area contributed by atoms with Crippen molar-refractivity contribution in [3.8, 4) is 5.75 Å². The molecular weight excluding hydrogens is 310 g/mol. The zero-order chi connectivity index (χ0) is 11.6. The third-order valence-corrected chi connectivity index (χ3v) is 2.34. The lowest BCUT2D eigenvalue weighted by atomic mass is 10.0. The number of rotatable bonds is 2. The van der Waals surface area contributed by atoms with Crippen molar-refractivity contribution in [2.24, 2.45) is 5.73 Å². The van der Waals surface area contributed by atoms with Gasteiger partial charge in [0.1, 0.15) is 5.75 Å². The van der Waals surface area contributed by atoms with E-state index in [2.05, 4.69) is 15.9 Å². The molecule has 0 fully saturated rings. The number of alkyl halides is 3. The Labute approximate surface area is 105 Å². The van der Waals surface area contributed by atoms with E-state index in [9.17, 15) is 18.3 Å². The predicted molar refractivity (Wildman–Crippen MR) is 60.7 cm³/mol. The molecule has 0 spiro atoms. The molecule has 0 heterocycles. The van der Waals surface area contributed by atoms with Crippen LogP contribution < -0.4 is 5.73 Å². The molecule has 2 nitrogen and oxygen atoms in total. The van der Waals surface area contributed by atoms with Gasteiger partial charge >= 0.3 is 6.18 Å². The van der Waals surface area contributed by atoms with Crippen LogP contribution in [0.1, 0.15) is 18.0 Å². The molecule has 0 bridgehead atoms. The van der Waals surface area contributed by atoms with Gasteiger partial charge in [-0.3, -0.25) is 0 Å².